The van der Waals surface area contributed by atoms with Gasteiger partial charge in [0.2, 0.25) is 0 Å². The molecule has 0 aliphatic heterocycles. The van der Waals surface area contributed by atoms with Crippen LogP contribution in [0.4, 0.5) is 5.69 Å². The van der Waals surface area contributed by atoms with E-state index in [1.165, 1.54) is 5.56 Å². The van der Waals surface area contributed by atoms with Crippen LogP contribution in [0.25, 0.3) is 0 Å². The number of benzene rings is 1. The minimum Gasteiger partial charge on any atom is -0.384 e. The van der Waals surface area contributed by atoms with Crippen molar-refractivity contribution in [2.45, 2.75) is 19.9 Å². The van der Waals surface area contributed by atoms with E-state index in [1.54, 1.807) is 11.8 Å². The lowest BCUT2D eigenvalue weighted by Crippen LogP contribution is -2.05. The molecule has 0 amide bonds. The number of aromatic nitrogens is 2. The highest BCUT2D eigenvalue weighted by Gasteiger charge is 2.11. The fourth-order valence-corrected chi connectivity index (χ4v) is 2.42. The molecule has 0 radical (unpaired) electrons. The average molecular weight is 294 g/mol. The Labute approximate surface area is 124 Å². The molecule has 0 bridgehead atoms. The SMILES string of the molecule is COCCc1ccccc1NCc1c(C)nn(C)c1Cl. The smallest absolute Gasteiger partial charge is 0.131 e. The number of anilines is 1. The summed E-state index contributed by atoms with van der Waals surface area (Å²) < 4.78 is 6.84. The van der Waals surface area contributed by atoms with E-state index in [0.717, 1.165) is 23.4 Å². The van der Waals surface area contributed by atoms with Crippen LogP contribution in [0.5, 0.6) is 0 Å². The molecule has 1 heterocycles. The van der Waals surface area contributed by atoms with E-state index in [1.807, 2.05) is 26.1 Å². The van der Waals surface area contributed by atoms with Crippen LogP contribution in [-0.2, 0) is 24.8 Å². The first-order valence-corrected chi connectivity index (χ1v) is 7.00. The standard InChI is InChI=1S/C15H20ClN3O/c1-11-13(15(16)19(2)18-11)10-17-14-7-5-4-6-12(14)8-9-20-3/h4-7,17H,8-10H2,1-3H3. The minimum atomic E-state index is 0.669. The van der Waals surface area contributed by atoms with Crippen LogP contribution in [0.1, 0.15) is 16.8 Å². The maximum Gasteiger partial charge on any atom is 0.131 e. The first kappa shape index (κ1) is 14.9. The Morgan fingerprint density at radius 1 is 1.35 bits per heavy atom. The second-order valence-electron chi connectivity index (χ2n) is 4.73. The van der Waals surface area contributed by atoms with E-state index < -0.39 is 0 Å². The van der Waals surface area contributed by atoms with Crippen molar-refractivity contribution in [2.75, 3.05) is 19.0 Å². The number of hydrogen-bond donors (Lipinski definition) is 1. The van der Waals surface area contributed by atoms with Crippen molar-refractivity contribution in [3.8, 4) is 0 Å². The van der Waals surface area contributed by atoms with Crippen molar-refractivity contribution in [3.05, 3.63) is 46.2 Å². The number of halogens is 1. The van der Waals surface area contributed by atoms with Crippen LogP contribution >= 0.6 is 11.6 Å². The average Bonchev–Trinajstić information content (AvgIpc) is 2.69. The molecule has 0 aliphatic carbocycles. The maximum atomic E-state index is 6.24. The molecule has 1 aromatic heterocycles. The van der Waals surface area contributed by atoms with Crippen LogP contribution in [0.2, 0.25) is 5.15 Å². The van der Waals surface area contributed by atoms with Crippen molar-refractivity contribution in [3.63, 3.8) is 0 Å². The molecular formula is C15H20ClN3O. The quantitative estimate of drug-likeness (QED) is 0.889. The third-order valence-corrected chi connectivity index (χ3v) is 3.79. The number of ether oxygens (including phenoxy) is 1. The molecule has 0 saturated carbocycles. The van der Waals surface area contributed by atoms with Crippen molar-refractivity contribution in [1.82, 2.24) is 9.78 Å². The summed E-state index contributed by atoms with van der Waals surface area (Å²) in [6.45, 7) is 3.35. The predicted molar refractivity (Wildman–Crippen MR) is 82.3 cm³/mol. The van der Waals surface area contributed by atoms with Crippen LogP contribution in [0, 0.1) is 6.92 Å². The van der Waals surface area contributed by atoms with Gasteiger partial charge in [-0.25, -0.2) is 0 Å². The summed E-state index contributed by atoms with van der Waals surface area (Å²) >= 11 is 6.24. The van der Waals surface area contributed by atoms with Crippen molar-refractivity contribution in [2.24, 2.45) is 7.05 Å². The van der Waals surface area contributed by atoms with Crippen LogP contribution < -0.4 is 5.32 Å². The lowest BCUT2D eigenvalue weighted by Gasteiger charge is -2.11. The number of aryl methyl sites for hydroxylation is 2. The van der Waals surface area contributed by atoms with Crippen LogP contribution in [0.15, 0.2) is 24.3 Å². The Hall–Kier alpha value is -1.52. The van der Waals surface area contributed by atoms with Gasteiger partial charge < -0.3 is 10.1 Å². The number of rotatable bonds is 6. The van der Waals surface area contributed by atoms with Gasteiger partial charge in [-0.1, -0.05) is 29.8 Å². The third kappa shape index (κ3) is 3.32. The van der Waals surface area contributed by atoms with Gasteiger partial charge in [0.1, 0.15) is 5.15 Å². The third-order valence-electron chi connectivity index (χ3n) is 3.32. The molecule has 2 rings (SSSR count). The van der Waals surface area contributed by atoms with Crippen LogP contribution in [-0.4, -0.2) is 23.5 Å². The Bertz CT molecular complexity index is 580. The second kappa shape index (κ2) is 6.77. The highest BCUT2D eigenvalue weighted by Crippen LogP contribution is 2.22. The molecule has 0 spiro atoms. The fraction of sp³-hybridized carbons (Fsp3) is 0.400. The van der Waals surface area contributed by atoms with Gasteiger partial charge in [0.25, 0.3) is 0 Å². The number of methoxy groups -OCH3 is 1. The van der Waals surface area contributed by atoms with Gasteiger partial charge in [-0.2, -0.15) is 5.10 Å². The first-order valence-electron chi connectivity index (χ1n) is 6.62. The molecule has 0 aliphatic rings. The summed E-state index contributed by atoms with van der Waals surface area (Å²) in [5.74, 6) is 0. The summed E-state index contributed by atoms with van der Waals surface area (Å²) in [5, 5.41) is 8.44. The molecule has 5 heteroatoms. The summed E-state index contributed by atoms with van der Waals surface area (Å²) in [6.07, 6.45) is 0.888. The zero-order valence-corrected chi connectivity index (χ0v) is 12.9. The largest absolute Gasteiger partial charge is 0.384 e. The number of para-hydroxylation sites is 1. The zero-order valence-electron chi connectivity index (χ0n) is 12.1. The Morgan fingerprint density at radius 2 is 2.10 bits per heavy atom. The van der Waals surface area contributed by atoms with E-state index in [4.69, 9.17) is 16.3 Å². The Kier molecular flexibility index (Phi) is 5.04. The van der Waals surface area contributed by atoms with Gasteiger partial charge in [-0.05, 0) is 25.0 Å². The fourth-order valence-electron chi connectivity index (χ4n) is 2.18. The van der Waals surface area contributed by atoms with E-state index in [9.17, 15) is 0 Å². The highest BCUT2D eigenvalue weighted by molar-refractivity contribution is 6.30. The van der Waals surface area contributed by atoms with E-state index in [-0.39, 0.29) is 0 Å². The molecule has 4 nitrogen and oxygen atoms in total. The molecule has 1 N–H and O–H groups in total. The highest BCUT2D eigenvalue weighted by atomic mass is 35.5. The topological polar surface area (TPSA) is 39.1 Å². The van der Waals surface area contributed by atoms with Crippen molar-refractivity contribution < 1.29 is 4.74 Å². The van der Waals surface area contributed by atoms with Gasteiger partial charge in [-0.15, -0.1) is 0 Å². The molecule has 0 saturated heterocycles. The first-order chi connectivity index (χ1) is 9.63. The molecule has 1 aromatic carbocycles. The Morgan fingerprint density at radius 3 is 2.75 bits per heavy atom. The summed E-state index contributed by atoms with van der Waals surface area (Å²) in [5.41, 5.74) is 4.35. The van der Waals surface area contributed by atoms with E-state index >= 15 is 0 Å². The summed E-state index contributed by atoms with van der Waals surface area (Å²) in [7, 11) is 3.57. The summed E-state index contributed by atoms with van der Waals surface area (Å²) in [4.78, 5) is 0. The van der Waals surface area contributed by atoms with Crippen molar-refractivity contribution >= 4 is 17.3 Å². The van der Waals surface area contributed by atoms with Gasteiger partial charge in [-0.3, -0.25) is 4.68 Å². The lowest BCUT2D eigenvalue weighted by atomic mass is 10.1. The molecule has 0 fully saturated rings. The zero-order chi connectivity index (χ0) is 14.5. The molecular weight excluding hydrogens is 274 g/mol. The summed E-state index contributed by atoms with van der Waals surface area (Å²) in [6, 6.07) is 8.25. The molecule has 108 valence electrons. The van der Waals surface area contributed by atoms with Crippen LogP contribution in [0.3, 0.4) is 0 Å². The van der Waals surface area contributed by atoms with E-state index in [2.05, 4.69) is 22.5 Å². The number of nitrogens with one attached hydrogen (secondary N) is 1. The number of nitrogens with zero attached hydrogens (tertiary/aromatic N) is 2. The molecule has 0 unspecified atom stereocenters. The predicted octanol–water partition coefficient (Wildman–Crippen LogP) is 3.18. The Balaban J connectivity index is 2.10. The molecule has 0 atom stereocenters. The second-order valence-corrected chi connectivity index (χ2v) is 5.09. The normalized spacial score (nSPS) is 10.8. The monoisotopic (exact) mass is 293 g/mol. The van der Waals surface area contributed by atoms with Crippen molar-refractivity contribution in [1.29, 1.82) is 0 Å². The van der Waals surface area contributed by atoms with Gasteiger partial charge in [0.15, 0.2) is 0 Å². The van der Waals surface area contributed by atoms with E-state index in [0.29, 0.717) is 18.3 Å². The molecule has 20 heavy (non-hydrogen) atoms. The van der Waals surface area contributed by atoms with Gasteiger partial charge in [0.05, 0.1) is 12.3 Å². The number of hydrogen-bond acceptors (Lipinski definition) is 3. The lowest BCUT2D eigenvalue weighted by molar-refractivity contribution is 0.202. The van der Waals surface area contributed by atoms with Gasteiger partial charge in [0, 0.05) is 32.0 Å². The van der Waals surface area contributed by atoms with Gasteiger partial charge >= 0.3 is 0 Å². The maximum absolute atomic E-state index is 6.24. The molecule has 2 aromatic rings. The minimum absolute atomic E-state index is 0.669.